The predicted octanol–water partition coefficient (Wildman–Crippen LogP) is 6.80. The molecule has 0 radical (unpaired) electrons. The van der Waals surface area contributed by atoms with Crippen molar-refractivity contribution in [2.24, 2.45) is 0 Å². The van der Waals surface area contributed by atoms with Crippen molar-refractivity contribution in [3.05, 3.63) is 131 Å². The Kier molecular flexibility index (Phi) is 14.3. The van der Waals surface area contributed by atoms with Crippen LogP contribution in [0.15, 0.2) is 103 Å². The second-order valence-corrected chi connectivity index (χ2v) is 13.6. The Morgan fingerprint density at radius 3 is 2.04 bits per heavy atom. The van der Waals surface area contributed by atoms with Crippen LogP contribution < -0.4 is 14.4 Å². The molecule has 1 saturated heterocycles. The maximum atomic E-state index is 14.5. The third-order valence-electron chi connectivity index (χ3n) is 9.60. The molecule has 12 heteroatoms. The highest BCUT2D eigenvalue weighted by Gasteiger charge is 2.32. The molecule has 4 aromatic carbocycles. The number of nitrogens with zero attached hydrogens (tertiary/aromatic N) is 4. The van der Waals surface area contributed by atoms with Crippen LogP contribution in [0, 0.1) is 0 Å². The van der Waals surface area contributed by atoms with Gasteiger partial charge in [0.25, 0.3) is 0 Å². The molecule has 1 aliphatic heterocycles. The zero-order chi connectivity index (χ0) is 39.4. The number of rotatable bonds is 16. The Labute approximate surface area is 321 Å². The molecule has 0 saturated carbocycles. The van der Waals surface area contributed by atoms with E-state index in [1.54, 1.807) is 31.1 Å². The second-order valence-electron chi connectivity index (χ2n) is 13.6. The van der Waals surface area contributed by atoms with Gasteiger partial charge >= 0.3 is 6.18 Å². The van der Waals surface area contributed by atoms with Crippen molar-refractivity contribution in [3.63, 3.8) is 0 Å². The maximum absolute atomic E-state index is 14.5. The molecule has 292 valence electrons. The summed E-state index contributed by atoms with van der Waals surface area (Å²) in [6, 6.07) is 26.9. The topological polar surface area (TPSA) is 74.8 Å². The summed E-state index contributed by atoms with van der Waals surface area (Å²) in [4.78, 5) is 36.3. The predicted molar refractivity (Wildman–Crippen MR) is 208 cm³/mol. The van der Waals surface area contributed by atoms with Gasteiger partial charge in [-0.1, -0.05) is 54.6 Å². The molecule has 1 fully saturated rings. The van der Waals surface area contributed by atoms with Crippen molar-refractivity contribution in [3.8, 4) is 11.5 Å². The fourth-order valence-corrected chi connectivity index (χ4v) is 6.42. The fraction of sp³-hybridized carbons (Fsp3) is 0.349. The molecule has 5 rings (SSSR count). The summed E-state index contributed by atoms with van der Waals surface area (Å²) in [6.45, 7) is 4.51. The van der Waals surface area contributed by atoms with E-state index in [4.69, 9.17) is 14.2 Å². The largest absolute Gasteiger partial charge is 0.497 e. The lowest BCUT2D eigenvalue weighted by atomic mass is 10.0. The van der Waals surface area contributed by atoms with E-state index in [0.717, 1.165) is 47.6 Å². The Morgan fingerprint density at radius 2 is 1.44 bits per heavy atom. The lowest BCUT2D eigenvalue weighted by Gasteiger charge is -2.34. The number of carbonyl (C=O) groups excluding carboxylic acids is 2. The zero-order valence-corrected chi connectivity index (χ0v) is 31.8. The van der Waals surface area contributed by atoms with Gasteiger partial charge in [0.2, 0.25) is 11.8 Å². The molecule has 0 aliphatic carbocycles. The molecule has 2 amide bonds. The van der Waals surface area contributed by atoms with E-state index in [2.05, 4.69) is 9.80 Å². The van der Waals surface area contributed by atoms with Crippen LogP contribution >= 0.6 is 0 Å². The average molecular weight is 759 g/mol. The first-order chi connectivity index (χ1) is 26.4. The first-order valence-electron chi connectivity index (χ1n) is 18.2. The number of carbonyl (C=O) groups is 2. The Morgan fingerprint density at radius 1 is 0.800 bits per heavy atom. The minimum Gasteiger partial charge on any atom is -0.497 e. The summed E-state index contributed by atoms with van der Waals surface area (Å²) in [5.41, 5.74) is 3.39. The number of halogens is 3. The number of anilines is 1. The van der Waals surface area contributed by atoms with E-state index in [-0.39, 0.29) is 18.9 Å². The number of ether oxygens (including phenoxy) is 3. The number of amides is 2. The number of methoxy groups -OCH3 is 2. The molecular weight excluding hydrogens is 709 g/mol. The van der Waals surface area contributed by atoms with E-state index in [0.29, 0.717) is 49.9 Å². The number of benzene rings is 4. The van der Waals surface area contributed by atoms with Crippen molar-refractivity contribution in [2.45, 2.75) is 31.7 Å². The summed E-state index contributed by atoms with van der Waals surface area (Å²) >= 11 is 0. The van der Waals surface area contributed by atoms with Gasteiger partial charge < -0.3 is 33.8 Å². The number of hydrogen-bond acceptors (Lipinski definition) is 7. The molecule has 1 heterocycles. The normalized spacial score (nSPS) is 13.9. The minimum absolute atomic E-state index is 0.133. The van der Waals surface area contributed by atoms with Crippen LogP contribution in [0.3, 0.4) is 0 Å². The molecule has 1 unspecified atom stereocenters. The Bertz CT molecular complexity index is 1840. The summed E-state index contributed by atoms with van der Waals surface area (Å²) in [7, 11) is 6.91. The highest BCUT2D eigenvalue weighted by molar-refractivity contribution is 5.95. The van der Waals surface area contributed by atoms with Crippen LogP contribution in [0.25, 0.3) is 6.08 Å². The second kappa shape index (κ2) is 19.3. The van der Waals surface area contributed by atoms with Crippen LogP contribution in [-0.4, -0.2) is 100 Å². The fourth-order valence-electron chi connectivity index (χ4n) is 6.42. The van der Waals surface area contributed by atoms with Crippen LogP contribution in [0.2, 0.25) is 0 Å². The SMILES string of the molecule is COc1cc(CN(C)CCN(C)C(=O)C(Cc2ccccc2)N(Cc2ccc(N3CCOCC3)cc2)C(=O)C=Cc2ccc(C(F)(F)F)cc2)cc(OC)c1. The molecule has 1 atom stereocenters. The molecule has 0 N–H and O–H groups in total. The van der Waals surface area contributed by atoms with Crippen LogP contribution in [-0.2, 0) is 40.0 Å². The van der Waals surface area contributed by atoms with Crippen LogP contribution in [0.1, 0.15) is 27.8 Å². The smallest absolute Gasteiger partial charge is 0.416 e. The molecule has 1 aliphatic rings. The van der Waals surface area contributed by atoms with E-state index < -0.39 is 23.7 Å². The Hall–Kier alpha value is -5.33. The molecule has 55 heavy (non-hydrogen) atoms. The first kappa shape index (κ1) is 40.8. The number of alkyl halides is 3. The van der Waals surface area contributed by atoms with Gasteiger partial charge in [-0.25, -0.2) is 0 Å². The third-order valence-corrected chi connectivity index (χ3v) is 9.60. The first-order valence-corrected chi connectivity index (χ1v) is 18.2. The van der Waals surface area contributed by atoms with Crippen molar-refractivity contribution >= 4 is 23.6 Å². The van der Waals surface area contributed by atoms with Crippen molar-refractivity contribution in [2.75, 3.05) is 72.6 Å². The highest BCUT2D eigenvalue weighted by atomic mass is 19.4. The number of hydrogen-bond donors (Lipinski definition) is 0. The van der Waals surface area contributed by atoms with E-state index in [1.165, 1.54) is 24.3 Å². The summed E-state index contributed by atoms with van der Waals surface area (Å²) in [6.07, 6.45) is -1.41. The standard InChI is InChI=1S/C43H49F3N4O5/c1-47(30-35-26-38(53-3)29-39(27-35)54-4)20-21-48(2)42(52)40(28-33-8-6-5-7-9-33)50(31-34-12-17-37(18-13-34)49-22-24-55-25-23-49)41(51)19-14-32-10-15-36(16-11-32)43(44,45)46/h5-19,26-27,29,40H,20-25,28,30-31H2,1-4H3. The molecule has 0 bridgehead atoms. The lowest BCUT2D eigenvalue weighted by molar-refractivity contribution is -0.143. The van der Waals surface area contributed by atoms with Crippen LogP contribution in [0.5, 0.6) is 11.5 Å². The maximum Gasteiger partial charge on any atom is 0.416 e. The van der Waals surface area contributed by atoms with Gasteiger partial charge in [-0.15, -0.1) is 0 Å². The van der Waals surface area contributed by atoms with E-state index in [1.807, 2.05) is 79.8 Å². The number of likely N-dealkylation sites (N-methyl/N-ethyl adjacent to an activating group) is 2. The van der Waals surface area contributed by atoms with Crippen molar-refractivity contribution < 1.29 is 37.0 Å². The van der Waals surface area contributed by atoms with Crippen LogP contribution in [0.4, 0.5) is 18.9 Å². The van der Waals surface area contributed by atoms with E-state index >= 15 is 0 Å². The average Bonchev–Trinajstić information content (AvgIpc) is 3.20. The lowest BCUT2D eigenvalue weighted by Crippen LogP contribution is -2.51. The molecule has 0 aromatic heterocycles. The summed E-state index contributed by atoms with van der Waals surface area (Å²) in [5.74, 6) is 0.698. The van der Waals surface area contributed by atoms with Crippen molar-refractivity contribution in [1.29, 1.82) is 0 Å². The van der Waals surface area contributed by atoms with Gasteiger partial charge in [0.1, 0.15) is 17.5 Å². The van der Waals surface area contributed by atoms with Gasteiger partial charge in [-0.2, -0.15) is 13.2 Å². The van der Waals surface area contributed by atoms with Gasteiger partial charge in [0.15, 0.2) is 0 Å². The van der Waals surface area contributed by atoms with Gasteiger partial charge in [0, 0.05) is 70.6 Å². The van der Waals surface area contributed by atoms with E-state index in [9.17, 15) is 22.8 Å². The highest BCUT2D eigenvalue weighted by Crippen LogP contribution is 2.29. The third kappa shape index (κ3) is 11.8. The molecular formula is C43H49F3N4O5. The number of morpholine rings is 1. The zero-order valence-electron chi connectivity index (χ0n) is 31.8. The quantitative estimate of drug-likeness (QED) is 0.116. The van der Waals surface area contributed by atoms with Gasteiger partial charge in [-0.05, 0) is 71.8 Å². The van der Waals surface area contributed by atoms with Gasteiger partial charge in [-0.3, -0.25) is 9.59 Å². The van der Waals surface area contributed by atoms with Gasteiger partial charge in [0.05, 0.1) is 33.0 Å². The summed E-state index contributed by atoms with van der Waals surface area (Å²) in [5, 5.41) is 0. The van der Waals surface area contributed by atoms with Crippen molar-refractivity contribution in [1.82, 2.24) is 14.7 Å². The molecule has 0 spiro atoms. The monoisotopic (exact) mass is 758 g/mol. The Balaban J connectivity index is 1.40. The molecule has 9 nitrogen and oxygen atoms in total. The summed E-state index contributed by atoms with van der Waals surface area (Å²) < 4.78 is 56.0. The molecule has 4 aromatic rings. The minimum atomic E-state index is -4.47.